The van der Waals surface area contributed by atoms with Gasteiger partial charge in [0.05, 0.1) is 6.42 Å². The van der Waals surface area contributed by atoms with Crippen LogP contribution in [-0.4, -0.2) is 41.6 Å². The molecular formula is C21H30O6. The van der Waals surface area contributed by atoms with E-state index < -0.39 is 34.8 Å². The van der Waals surface area contributed by atoms with Crippen molar-refractivity contribution in [2.24, 2.45) is 11.3 Å². The maximum absolute atomic E-state index is 12.4. The molecule has 6 nitrogen and oxygen atoms in total. The zero-order chi connectivity index (χ0) is 20.2. The van der Waals surface area contributed by atoms with Crippen molar-refractivity contribution in [2.75, 3.05) is 7.11 Å². The first-order valence-corrected chi connectivity index (χ1v) is 9.59. The van der Waals surface area contributed by atoms with Crippen LogP contribution in [0.1, 0.15) is 60.3 Å². The molecule has 0 amide bonds. The number of allylic oxidation sites excluding steroid dienone is 1. The van der Waals surface area contributed by atoms with Gasteiger partial charge in [-0.2, -0.15) is 0 Å². The fraction of sp³-hybridized carbons (Fsp3) is 0.714. The first-order valence-electron chi connectivity index (χ1n) is 9.59. The van der Waals surface area contributed by atoms with Crippen molar-refractivity contribution in [3.8, 4) is 0 Å². The van der Waals surface area contributed by atoms with Crippen molar-refractivity contribution in [1.82, 2.24) is 0 Å². The fourth-order valence-corrected chi connectivity index (χ4v) is 4.96. The smallest absolute Gasteiger partial charge is 0.336 e. The number of hydrogen-bond acceptors (Lipinski definition) is 6. The van der Waals surface area contributed by atoms with Crippen molar-refractivity contribution in [1.29, 1.82) is 0 Å². The van der Waals surface area contributed by atoms with E-state index >= 15 is 0 Å². The van der Waals surface area contributed by atoms with Crippen LogP contribution in [0, 0.1) is 11.3 Å². The summed E-state index contributed by atoms with van der Waals surface area (Å²) in [6, 6.07) is 0. The third kappa shape index (κ3) is 2.68. The highest BCUT2D eigenvalue weighted by molar-refractivity contribution is 5.92. The molecule has 0 radical (unpaired) electrons. The van der Waals surface area contributed by atoms with E-state index in [4.69, 9.17) is 14.2 Å². The van der Waals surface area contributed by atoms with Gasteiger partial charge in [0, 0.05) is 29.2 Å². The second kappa shape index (κ2) is 6.45. The number of methoxy groups -OCH3 is 1. The molecule has 3 rings (SSSR count). The van der Waals surface area contributed by atoms with Gasteiger partial charge in [0.25, 0.3) is 0 Å². The summed E-state index contributed by atoms with van der Waals surface area (Å²) in [5, 5.41) is 11.9. The Hall–Kier alpha value is -1.66. The van der Waals surface area contributed by atoms with E-state index in [0.29, 0.717) is 24.0 Å². The molecule has 0 bridgehead atoms. The molecule has 150 valence electrons. The molecule has 6 heteroatoms. The number of aliphatic hydroxyl groups is 1. The highest BCUT2D eigenvalue weighted by atomic mass is 16.7. The minimum absolute atomic E-state index is 0.0581. The number of hydrogen-bond donors (Lipinski definition) is 1. The van der Waals surface area contributed by atoms with Gasteiger partial charge in [0.2, 0.25) is 5.79 Å². The highest BCUT2D eigenvalue weighted by Crippen LogP contribution is 2.62. The summed E-state index contributed by atoms with van der Waals surface area (Å²) in [7, 11) is 1.48. The first-order chi connectivity index (χ1) is 12.5. The molecule has 3 aliphatic rings. The van der Waals surface area contributed by atoms with Gasteiger partial charge < -0.3 is 19.3 Å². The summed E-state index contributed by atoms with van der Waals surface area (Å²) < 4.78 is 17.0. The van der Waals surface area contributed by atoms with E-state index in [1.54, 1.807) is 26.8 Å². The lowest BCUT2D eigenvalue weighted by atomic mass is 9.50. The van der Waals surface area contributed by atoms with E-state index in [1.165, 1.54) is 7.11 Å². The van der Waals surface area contributed by atoms with Crippen LogP contribution in [0.5, 0.6) is 0 Å². The van der Waals surface area contributed by atoms with Crippen LogP contribution in [-0.2, 0) is 23.8 Å². The second-order valence-electron chi connectivity index (χ2n) is 8.49. The second-order valence-corrected chi connectivity index (χ2v) is 8.49. The van der Waals surface area contributed by atoms with Crippen LogP contribution in [0.4, 0.5) is 0 Å². The molecule has 27 heavy (non-hydrogen) atoms. The summed E-state index contributed by atoms with van der Waals surface area (Å²) >= 11 is 0. The predicted molar refractivity (Wildman–Crippen MR) is 98.5 cm³/mol. The lowest BCUT2D eigenvalue weighted by Crippen LogP contribution is -2.68. The number of carbonyl (C=O) groups excluding carboxylic acids is 2. The van der Waals surface area contributed by atoms with Crippen molar-refractivity contribution < 1.29 is 28.9 Å². The molecule has 1 heterocycles. The van der Waals surface area contributed by atoms with E-state index in [1.807, 2.05) is 6.92 Å². The van der Waals surface area contributed by atoms with Gasteiger partial charge in [-0.1, -0.05) is 19.9 Å². The molecule has 2 saturated carbocycles. The highest BCUT2D eigenvalue weighted by Gasteiger charge is 2.69. The van der Waals surface area contributed by atoms with Gasteiger partial charge in [0.15, 0.2) is 0 Å². The molecule has 0 aromatic heterocycles. The standard InChI is InChI=1S/C21H30O6/c1-7-12(2)17(22)26-16-9-8-13(3)19(5)10-15-14(4)18(23)27-21(15,25-6)11-20(16,19)24/h7,13,16,24H,8-11H2,1-6H3/b12-7-/t13-,16+,19+,20+,21+/m0/s1. The lowest BCUT2D eigenvalue weighted by molar-refractivity contribution is -0.284. The van der Waals surface area contributed by atoms with E-state index in [2.05, 4.69) is 6.92 Å². The summed E-state index contributed by atoms with van der Waals surface area (Å²) in [6.45, 7) is 9.33. The molecule has 5 atom stereocenters. The van der Waals surface area contributed by atoms with Crippen LogP contribution in [0.3, 0.4) is 0 Å². The Kier molecular flexibility index (Phi) is 4.80. The molecule has 1 N–H and O–H groups in total. The molecule has 2 fully saturated rings. The van der Waals surface area contributed by atoms with Gasteiger partial charge in [-0.25, -0.2) is 9.59 Å². The summed E-state index contributed by atoms with van der Waals surface area (Å²) in [6.07, 6.45) is 2.91. The number of carbonyl (C=O) groups is 2. The van der Waals surface area contributed by atoms with Crippen LogP contribution < -0.4 is 0 Å². The SMILES string of the molecule is C/C=C(/C)C(=O)O[C@@H]1CC[C@H](C)[C@@]2(C)CC3=C(C)C(=O)O[C@]3(OC)C[C@@]12O. The van der Waals surface area contributed by atoms with Crippen molar-refractivity contribution in [2.45, 2.75) is 77.8 Å². The molecule has 0 saturated heterocycles. The molecular weight excluding hydrogens is 348 g/mol. The maximum Gasteiger partial charge on any atom is 0.336 e. The van der Waals surface area contributed by atoms with Gasteiger partial charge in [-0.05, 0) is 46.0 Å². The van der Waals surface area contributed by atoms with Gasteiger partial charge in [-0.15, -0.1) is 0 Å². The molecule has 2 aliphatic carbocycles. The molecule has 0 aromatic carbocycles. The molecule has 0 spiro atoms. The summed E-state index contributed by atoms with van der Waals surface area (Å²) in [5.74, 6) is -1.94. The first kappa shape index (κ1) is 20.1. The Morgan fingerprint density at radius 2 is 2.04 bits per heavy atom. The third-order valence-corrected chi connectivity index (χ3v) is 7.33. The lowest BCUT2D eigenvalue weighted by Gasteiger charge is -2.60. The average Bonchev–Trinajstić information content (AvgIpc) is 2.87. The Morgan fingerprint density at radius 1 is 1.37 bits per heavy atom. The van der Waals surface area contributed by atoms with Crippen LogP contribution in [0.25, 0.3) is 0 Å². The van der Waals surface area contributed by atoms with E-state index in [-0.39, 0.29) is 12.3 Å². The van der Waals surface area contributed by atoms with Crippen LogP contribution in [0.15, 0.2) is 22.8 Å². The topological polar surface area (TPSA) is 82.1 Å². The van der Waals surface area contributed by atoms with E-state index in [0.717, 1.165) is 12.0 Å². The van der Waals surface area contributed by atoms with Crippen LogP contribution in [0.2, 0.25) is 0 Å². The number of fused-ring (bicyclic) bond motifs is 2. The summed E-state index contributed by atoms with van der Waals surface area (Å²) in [5.41, 5.74) is -0.0764. The molecule has 0 unspecified atom stereocenters. The fourth-order valence-electron chi connectivity index (χ4n) is 4.96. The van der Waals surface area contributed by atoms with Crippen molar-refractivity contribution >= 4 is 11.9 Å². The molecule has 1 aliphatic heterocycles. The average molecular weight is 378 g/mol. The van der Waals surface area contributed by atoms with E-state index in [9.17, 15) is 14.7 Å². The zero-order valence-electron chi connectivity index (χ0n) is 17.0. The van der Waals surface area contributed by atoms with Gasteiger partial charge in [0.1, 0.15) is 11.7 Å². The quantitative estimate of drug-likeness (QED) is 0.600. The molecule has 0 aromatic rings. The zero-order valence-corrected chi connectivity index (χ0v) is 17.0. The normalized spacial score (nSPS) is 41.7. The largest absolute Gasteiger partial charge is 0.456 e. The third-order valence-electron chi connectivity index (χ3n) is 7.33. The van der Waals surface area contributed by atoms with Crippen LogP contribution >= 0.6 is 0 Å². The summed E-state index contributed by atoms with van der Waals surface area (Å²) in [4.78, 5) is 24.7. The minimum atomic E-state index is -1.36. The Balaban J connectivity index is 2.05. The number of rotatable bonds is 3. The van der Waals surface area contributed by atoms with Gasteiger partial charge >= 0.3 is 11.9 Å². The predicted octanol–water partition coefficient (Wildman–Crippen LogP) is 3.04. The Bertz CT molecular complexity index is 737. The maximum atomic E-state index is 12.4. The minimum Gasteiger partial charge on any atom is -0.456 e. The Morgan fingerprint density at radius 3 is 2.63 bits per heavy atom. The monoisotopic (exact) mass is 378 g/mol. The van der Waals surface area contributed by atoms with Crippen molar-refractivity contribution in [3.63, 3.8) is 0 Å². The van der Waals surface area contributed by atoms with Gasteiger partial charge in [-0.3, -0.25) is 0 Å². The number of ether oxygens (including phenoxy) is 3. The number of esters is 2. The Labute approximate surface area is 160 Å². The van der Waals surface area contributed by atoms with Crippen molar-refractivity contribution in [3.05, 3.63) is 22.8 Å².